The molecule has 0 saturated carbocycles. The van der Waals surface area contributed by atoms with E-state index in [2.05, 4.69) is 0 Å². The Morgan fingerprint density at radius 1 is 1.08 bits per heavy atom. The van der Waals surface area contributed by atoms with Crippen molar-refractivity contribution in [2.24, 2.45) is 0 Å². The minimum absolute atomic E-state index is 0.0810. The Balaban J connectivity index is 2.61. The Bertz CT molecular complexity index is 891. The largest absolute Gasteiger partial charge is 0.273 e. The highest BCUT2D eigenvalue weighted by Crippen LogP contribution is 2.30. The first-order valence-electron chi connectivity index (χ1n) is 7.54. The van der Waals surface area contributed by atoms with Gasteiger partial charge in [-0.15, -0.1) is 0 Å². The van der Waals surface area contributed by atoms with E-state index in [0.29, 0.717) is 11.3 Å². The van der Waals surface area contributed by atoms with E-state index in [4.69, 9.17) is 0 Å². The molecular weight excluding hydrogens is 328 g/mol. The van der Waals surface area contributed by atoms with Crippen LogP contribution in [0.5, 0.6) is 0 Å². The van der Waals surface area contributed by atoms with Gasteiger partial charge in [0.15, 0.2) is 0 Å². The maximum atomic E-state index is 13.0. The number of benzene rings is 2. The molecule has 2 aromatic carbocycles. The van der Waals surface area contributed by atoms with Crippen LogP contribution in [0.15, 0.2) is 41.3 Å². The van der Waals surface area contributed by atoms with Crippen LogP contribution in [0.25, 0.3) is 0 Å². The third kappa shape index (κ3) is 3.12. The second-order valence-corrected chi connectivity index (χ2v) is 7.46. The SMILES string of the molecule is CCN(c1cccc(C)c1C)S(=O)(=O)c1ccc(C)c([N+](=O)[O-])c1. The van der Waals surface area contributed by atoms with Gasteiger partial charge in [-0.05, 0) is 51.0 Å². The molecule has 2 aromatic rings. The molecule has 0 N–H and O–H groups in total. The minimum Gasteiger partial charge on any atom is -0.266 e. The monoisotopic (exact) mass is 348 g/mol. The van der Waals surface area contributed by atoms with Crippen LogP contribution in [0.1, 0.15) is 23.6 Å². The summed E-state index contributed by atoms with van der Waals surface area (Å²) in [6, 6.07) is 9.45. The molecular formula is C17H20N2O4S. The number of nitro benzene ring substituents is 1. The predicted molar refractivity (Wildman–Crippen MR) is 94.0 cm³/mol. The molecule has 128 valence electrons. The number of rotatable bonds is 5. The molecule has 0 atom stereocenters. The molecule has 0 bridgehead atoms. The zero-order valence-electron chi connectivity index (χ0n) is 14.1. The zero-order chi connectivity index (χ0) is 18.1. The minimum atomic E-state index is -3.89. The van der Waals surface area contributed by atoms with Gasteiger partial charge in [0.25, 0.3) is 15.7 Å². The summed E-state index contributed by atoms with van der Waals surface area (Å²) in [5.41, 5.74) is 2.66. The molecule has 24 heavy (non-hydrogen) atoms. The maximum Gasteiger partial charge on any atom is 0.273 e. The summed E-state index contributed by atoms with van der Waals surface area (Å²) < 4.78 is 27.3. The first-order valence-corrected chi connectivity index (χ1v) is 8.98. The molecule has 0 amide bonds. The van der Waals surface area contributed by atoms with Crippen LogP contribution in [-0.2, 0) is 10.0 Å². The fraction of sp³-hybridized carbons (Fsp3) is 0.294. The molecule has 0 radical (unpaired) electrons. The van der Waals surface area contributed by atoms with Gasteiger partial charge in [0.1, 0.15) is 0 Å². The average molecular weight is 348 g/mol. The molecule has 0 aliphatic carbocycles. The summed E-state index contributed by atoms with van der Waals surface area (Å²) in [4.78, 5) is 10.5. The number of nitro groups is 1. The predicted octanol–water partition coefficient (Wildman–Crippen LogP) is 3.74. The van der Waals surface area contributed by atoms with Crippen LogP contribution >= 0.6 is 0 Å². The number of sulfonamides is 1. The van der Waals surface area contributed by atoms with E-state index in [-0.39, 0.29) is 17.1 Å². The van der Waals surface area contributed by atoms with Gasteiger partial charge in [-0.25, -0.2) is 8.42 Å². The summed E-state index contributed by atoms with van der Waals surface area (Å²) >= 11 is 0. The second kappa shape index (κ2) is 6.60. The van der Waals surface area contributed by atoms with E-state index in [1.54, 1.807) is 26.0 Å². The lowest BCUT2D eigenvalue weighted by molar-refractivity contribution is -0.385. The summed E-state index contributed by atoms with van der Waals surface area (Å²) in [6.07, 6.45) is 0. The first kappa shape index (κ1) is 17.9. The molecule has 0 spiro atoms. The van der Waals surface area contributed by atoms with Crippen LogP contribution in [0.4, 0.5) is 11.4 Å². The van der Waals surface area contributed by atoms with Crippen molar-refractivity contribution < 1.29 is 13.3 Å². The summed E-state index contributed by atoms with van der Waals surface area (Å²) in [7, 11) is -3.89. The fourth-order valence-electron chi connectivity index (χ4n) is 2.55. The summed E-state index contributed by atoms with van der Waals surface area (Å²) in [5.74, 6) is 0. The lowest BCUT2D eigenvalue weighted by Crippen LogP contribution is -2.31. The maximum absolute atomic E-state index is 13.0. The summed E-state index contributed by atoms with van der Waals surface area (Å²) in [6.45, 7) is 7.32. The molecule has 0 saturated heterocycles. The lowest BCUT2D eigenvalue weighted by atomic mass is 10.1. The number of anilines is 1. The number of aryl methyl sites for hydroxylation is 2. The highest BCUT2D eigenvalue weighted by atomic mass is 32.2. The first-order chi connectivity index (χ1) is 11.2. The van der Waals surface area contributed by atoms with E-state index in [0.717, 1.165) is 17.2 Å². The Morgan fingerprint density at radius 2 is 1.75 bits per heavy atom. The van der Waals surface area contributed by atoms with Gasteiger partial charge in [-0.3, -0.25) is 14.4 Å². The lowest BCUT2D eigenvalue weighted by Gasteiger charge is -2.25. The smallest absolute Gasteiger partial charge is 0.266 e. The number of hydrogen-bond acceptors (Lipinski definition) is 4. The molecule has 0 aliphatic heterocycles. The molecule has 0 aliphatic rings. The quantitative estimate of drug-likeness (QED) is 0.609. The van der Waals surface area contributed by atoms with Gasteiger partial charge in [-0.1, -0.05) is 18.2 Å². The number of hydrogen-bond donors (Lipinski definition) is 0. The molecule has 0 unspecified atom stereocenters. The number of nitrogens with zero attached hydrogens (tertiary/aromatic N) is 2. The van der Waals surface area contributed by atoms with E-state index >= 15 is 0 Å². The Hall–Kier alpha value is -2.41. The second-order valence-electron chi connectivity index (χ2n) is 5.59. The van der Waals surface area contributed by atoms with Crippen molar-refractivity contribution in [3.05, 3.63) is 63.2 Å². The summed E-state index contributed by atoms with van der Waals surface area (Å²) in [5, 5.41) is 11.1. The molecule has 0 aromatic heterocycles. The van der Waals surface area contributed by atoms with E-state index in [9.17, 15) is 18.5 Å². The normalized spacial score (nSPS) is 11.3. The van der Waals surface area contributed by atoms with Crippen molar-refractivity contribution in [2.75, 3.05) is 10.8 Å². The van der Waals surface area contributed by atoms with E-state index in [1.165, 1.54) is 16.4 Å². The fourth-order valence-corrected chi connectivity index (χ4v) is 4.10. The Kier molecular flexibility index (Phi) is 4.94. The van der Waals surface area contributed by atoms with Gasteiger partial charge in [0.05, 0.1) is 15.5 Å². The highest BCUT2D eigenvalue weighted by molar-refractivity contribution is 7.92. The van der Waals surface area contributed by atoms with Crippen molar-refractivity contribution in [3.63, 3.8) is 0 Å². The standard InChI is InChI=1S/C17H20N2O4S/c1-5-18(16-8-6-7-12(2)14(16)4)24(22,23)15-10-9-13(3)17(11-15)19(20)21/h6-11H,5H2,1-4H3. The molecule has 6 nitrogen and oxygen atoms in total. The third-order valence-corrected chi connectivity index (χ3v) is 5.98. The highest BCUT2D eigenvalue weighted by Gasteiger charge is 2.27. The van der Waals surface area contributed by atoms with E-state index in [1.807, 2.05) is 19.9 Å². The van der Waals surface area contributed by atoms with Crippen LogP contribution in [0, 0.1) is 30.9 Å². The van der Waals surface area contributed by atoms with Crippen molar-refractivity contribution in [1.29, 1.82) is 0 Å². The van der Waals surface area contributed by atoms with Crippen LogP contribution in [0.3, 0.4) is 0 Å². The van der Waals surface area contributed by atoms with Crippen LogP contribution in [0.2, 0.25) is 0 Å². The van der Waals surface area contributed by atoms with E-state index < -0.39 is 14.9 Å². The van der Waals surface area contributed by atoms with Crippen molar-refractivity contribution in [2.45, 2.75) is 32.6 Å². The molecule has 0 heterocycles. The van der Waals surface area contributed by atoms with Gasteiger partial charge >= 0.3 is 0 Å². The van der Waals surface area contributed by atoms with Gasteiger partial charge in [-0.2, -0.15) is 0 Å². The van der Waals surface area contributed by atoms with Crippen LogP contribution < -0.4 is 4.31 Å². The Labute approximate surface area is 141 Å². The Morgan fingerprint density at radius 3 is 2.33 bits per heavy atom. The third-order valence-electron chi connectivity index (χ3n) is 4.10. The molecule has 0 fully saturated rings. The van der Waals surface area contributed by atoms with Crippen LogP contribution in [-0.4, -0.2) is 19.9 Å². The molecule has 7 heteroatoms. The van der Waals surface area contributed by atoms with Crippen molar-refractivity contribution >= 4 is 21.4 Å². The van der Waals surface area contributed by atoms with Crippen molar-refractivity contribution in [3.8, 4) is 0 Å². The van der Waals surface area contributed by atoms with Crippen molar-refractivity contribution in [1.82, 2.24) is 0 Å². The topological polar surface area (TPSA) is 80.5 Å². The average Bonchev–Trinajstić information content (AvgIpc) is 2.51. The van der Waals surface area contributed by atoms with Gasteiger partial charge in [0.2, 0.25) is 0 Å². The van der Waals surface area contributed by atoms with Gasteiger partial charge in [0, 0.05) is 18.2 Å². The zero-order valence-corrected chi connectivity index (χ0v) is 14.9. The molecule has 2 rings (SSSR count). The van der Waals surface area contributed by atoms with Gasteiger partial charge < -0.3 is 0 Å².